The fourth-order valence-electron chi connectivity index (χ4n) is 3.83. The summed E-state index contributed by atoms with van der Waals surface area (Å²) in [7, 11) is -3.87. The molecule has 0 bridgehead atoms. The molecule has 0 saturated carbocycles. The van der Waals surface area contributed by atoms with Gasteiger partial charge in [-0.2, -0.15) is 9.82 Å². The molecule has 3 aromatic carbocycles. The molecular formula is C25H24Cl3N3O2S. The minimum atomic E-state index is -3.87. The van der Waals surface area contributed by atoms with Crippen molar-refractivity contribution in [3.8, 4) is 0 Å². The molecule has 0 aromatic heterocycles. The second-order valence-corrected chi connectivity index (χ2v) is 11.5. The molecule has 4 rings (SSSR count). The van der Waals surface area contributed by atoms with Gasteiger partial charge in [0.15, 0.2) is 0 Å². The fourth-order valence-corrected chi connectivity index (χ4v) is 5.68. The molecule has 2 N–H and O–H groups in total. The van der Waals surface area contributed by atoms with Crippen molar-refractivity contribution in [3.05, 3.63) is 98.5 Å². The number of benzene rings is 3. The quantitative estimate of drug-likeness (QED) is 0.346. The van der Waals surface area contributed by atoms with E-state index in [-0.39, 0.29) is 10.9 Å². The maximum Gasteiger partial charge on any atom is 0.241 e. The minimum Gasteiger partial charge on any atom is -0.302 e. The van der Waals surface area contributed by atoms with E-state index >= 15 is 0 Å². The number of rotatable bonds is 7. The maximum atomic E-state index is 13.4. The predicted octanol–water partition coefficient (Wildman–Crippen LogP) is 6.88. The molecule has 0 aliphatic carbocycles. The molecule has 0 amide bonds. The summed E-state index contributed by atoms with van der Waals surface area (Å²) < 4.78 is 29.5. The highest BCUT2D eigenvalue weighted by molar-refractivity contribution is 7.89. The van der Waals surface area contributed by atoms with E-state index in [1.165, 1.54) is 0 Å². The zero-order valence-corrected chi connectivity index (χ0v) is 21.7. The van der Waals surface area contributed by atoms with Crippen molar-refractivity contribution in [2.75, 3.05) is 0 Å². The van der Waals surface area contributed by atoms with Gasteiger partial charge in [0.1, 0.15) is 0 Å². The average molecular weight is 537 g/mol. The smallest absolute Gasteiger partial charge is 0.241 e. The van der Waals surface area contributed by atoms with Gasteiger partial charge in [0.05, 0.1) is 22.7 Å². The lowest BCUT2D eigenvalue weighted by atomic mass is 9.96. The number of hydrazone groups is 1. The lowest BCUT2D eigenvalue weighted by Gasteiger charge is -2.21. The Bertz CT molecular complexity index is 1310. The van der Waals surface area contributed by atoms with Gasteiger partial charge in [0.25, 0.3) is 0 Å². The van der Waals surface area contributed by atoms with Crippen LogP contribution in [0.15, 0.2) is 76.7 Å². The van der Waals surface area contributed by atoms with Crippen LogP contribution in [-0.4, -0.2) is 14.1 Å². The van der Waals surface area contributed by atoms with Crippen LogP contribution in [0.4, 0.5) is 0 Å². The van der Waals surface area contributed by atoms with Gasteiger partial charge >= 0.3 is 0 Å². The summed E-state index contributed by atoms with van der Waals surface area (Å²) in [5.74, 6) is 0.300. The zero-order valence-electron chi connectivity index (χ0n) is 18.6. The molecule has 2 atom stereocenters. The third kappa shape index (κ3) is 5.58. The van der Waals surface area contributed by atoms with Crippen molar-refractivity contribution in [3.63, 3.8) is 0 Å². The van der Waals surface area contributed by atoms with Crippen LogP contribution in [0, 0.1) is 0 Å². The van der Waals surface area contributed by atoms with E-state index in [1.807, 2.05) is 36.4 Å². The Labute approximate surface area is 215 Å². The summed E-state index contributed by atoms with van der Waals surface area (Å²) >= 11 is 18.6. The highest BCUT2D eigenvalue weighted by Gasteiger charge is 2.32. The molecule has 1 heterocycles. The van der Waals surface area contributed by atoms with Crippen molar-refractivity contribution in [2.24, 2.45) is 5.10 Å². The summed E-state index contributed by atoms with van der Waals surface area (Å²) in [5.41, 5.74) is 6.36. The van der Waals surface area contributed by atoms with Gasteiger partial charge in [-0.15, -0.1) is 0 Å². The van der Waals surface area contributed by atoms with Crippen LogP contribution in [0.3, 0.4) is 0 Å². The first-order chi connectivity index (χ1) is 16.1. The second-order valence-electron chi connectivity index (χ2n) is 8.48. The zero-order chi connectivity index (χ0) is 24.5. The monoisotopic (exact) mass is 535 g/mol. The Hall–Kier alpha value is -2.09. The molecule has 2 unspecified atom stereocenters. The topological polar surface area (TPSA) is 70.6 Å². The van der Waals surface area contributed by atoms with E-state index in [4.69, 9.17) is 34.8 Å². The second kappa shape index (κ2) is 10.3. The van der Waals surface area contributed by atoms with Crippen molar-refractivity contribution in [2.45, 2.75) is 43.2 Å². The molecule has 0 fully saturated rings. The van der Waals surface area contributed by atoms with E-state index in [9.17, 15) is 8.42 Å². The normalized spacial score (nSPS) is 16.9. The number of hydrogen-bond acceptors (Lipinski definition) is 4. The van der Waals surface area contributed by atoms with Crippen LogP contribution >= 0.6 is 34.8 Å². The van der Waals surface area contributed by atoms with E-state index in [0.717, 1.165) is 11.1 Å². The van der Waals surface area contributed by atoms with E-state index in [2.05, 4.69) is 29.1 Å². The summed E-state index contributed by atoms with van der Waals surface area (Å²) in [5, 5.41) is 5.95. The Morgan fingerprint density at radius 1 is 0.941 bits per heavy atom. The minimum absolute atomic E-state index is 0.115. The molecule has 0 spiro atoms. The van der Waals surface area contributed by atoms with Crippen molar-refractivity contribution in [1.82, 2.24) is 10.1 Å². The van der Waals surface area contributed by atoms with Gasteiger partial charge in [-0.05, 0) is 59.0 Å². The summed E-state index contributed by atoms with van der Waals surface area (Å²) in [4.78, 5) is 0.174. The van der Waals surface area contributed by atoms with Crippen LogP contribution in [0.2, 0.25) is 15.1 Å². The number of hydrogen-bond donors (Lipinski definition) is 2. The van der Waals surface area contributed by atoms with Crippen molar-refractivity contribution >= 4 is 50.5 Å². The Morgan fingerprint density at radius 2 is 1.59 bits per heavy atom. The Kier molecular flexibility index (Phi) is 7.55. The maximum absolute atomic E-state index is 13.4. The molecule has 1 aliphatic rings. The first-order valence-electron chi connectivity index (χ1n) is 10.8. The van der Waals surface area contributed by atoms with Crippen LogP contribution in [0.5, 0.6) is 0 Å². The molecular weight excluding hydrogens is 513 g/mol. The Morgan fingerprint density at radius 3 is 2.21 bits per heavy atom. The van der Waals surface area contributed by atoms with Crippen molar-refractivity contribution in [1.29, 1.82) is 0 Å². The SMILES string of the molecule is CC(C)c1ccc(S(=O)(=O)NC(C2=NNC(c3ccc(Cl)cc3)C2)c2ccc(Cl)cc2Cl)cc1. The highest BCUT2D eigenvalue weighted by atomic mass is 35.5. The van der Waals surface area contributed by atoms with Crippen molar-refractivity contribution < 1.29 is 8.42 Å². The Balaban J connectivity index is 1.65. The third-order valence-corrected chi connectivity index (χ3v) is 8.04. The molecule has 1 aliphatic heterocycles. The van der Waals surface area contributed by atoms with Crippen LogP contribution in [0.1, 0.15) is 55.0 Å². The lowest BCUT2D eigenvalue weighted by molar-refractivity contribution is 0.576. The number of nitrogens with zero attached hydrogens (tertiary/aromatic N) is 1. The molecule has 9 heteroatoms. The van der Waals surface area contributed by atoms with Gasteiger partial charge in [-0.1, -0.05) is 79.0 Å². The summed E-state index contributed by atoms with van der Waals surface area (Å²) in [6.07, 6.45) is 0.486. The van der Waals surface area contributed by atoms with E-state index in [0.29, 0.717) is 38.7 Å². The molecule has 178 valence electrons. The summed E-state index contributed by atoms with van der Waals surface area (Å²) in [6.45, 7) is 4.12. The largest absolute Gasteiger partial charge is 0.302 e. The number of nitrogens with one attached hydrogen (secondary N) is 2. The van der Waals surface area contributed by atoms with Crippen LogP contribution in [0.25, 0.3) is 0 Å². The number of sulfonamides is 1. The summed E-state index contributed by atoms with van der Waals surface area (Å²) in [6, 6.07) is 18.5. The lowest BCUT2D eigenvalue weighted by Crippen LogP contribution is -2.33. The van der Waals surface area contributed by atoms with Gasteiger partial charge in [-0.25, -0.2) is 8.42 Å². The fraction of sp³-hybridized carbons (Fsp3) is 0.240. The average Bonchev–Trinajstić information content (AvgIpc) is 3.28. The molecule has 34 heavy (non-hydrogen) atoms. The number of halogens is 3. The van der Waals surface area contributed by atoms with Crippen LogP contribution < -0.4 is 10.1 Å². The predicted molar refractivity (Wildman–Crippen MR) is 139 cm³/mol. The van der Waals surface area contributed by atoms with Gasteiger partial charge in [-0.3, -0.25) is 0 Å². The van der Waals surface area contributed by atoms with E-state index < -0.39 is 16.1 Å². The first kappa shape index (κ1) is 25.0. The molecule has 5 nitrogen and oxygen atoms in total. The molecule has 0 radical (unpaired) electrons. The standard InChI is InChI=1S/C25H24Cl3N3O2S/c1-15(2)16-5-10-20(11-6-16)34(32,33)31-25(21-12-9-19(27)13-22(21)28)24-14-23(29-30-24)17-3-7-18(26)8-4-17/h3-13,15,23,25,29,31H,14H2,1-2H3. The highest BCUT2D eigenvalue weighted by Crippen LogP contribution is 2.33. The van der Waals surface area contributed by atoms with Crippen LogP contribution in [-0.2, 0) is 10.0 Å². The molecule has 0 saturated heterocycles. The van der Waals surface area contributed by atoms with Gasteiger partial charge < -0.3 is 5.43 Å². The first-order valence-corrected chi connectivity index (χ1v) is 13.4. The third-order valence-electron chi connectivity index (χ3n) is 5.79. The molecule has 3 aromatic rings. The van der Waals surface area contributed by atoms with E-state index in [1.54, 1.807) is 30.3 Å². The van der Waals surface area contributed by atoms with Gasteiger partial charge in [0.2, 0.25) is 10.0 Å². The van der Waals surface area contributed by atoms with Gasteiger partial charge in [0, 0.05) is 21.5 Å².